The van der Waals surface area contributed by atoms with Gasteiger partial charge in [-0.2, -0.15) is 0 Å². The van der Waals surface area contributed by atoms with Crippen molar-refractivity contribution in [3.63, 3.8) is 0 Å². The zero-order valence-corrected chi connectivity index (χ0v) is 8.96. The summed E-state index contributed by atoms with van der Waals surface area (Å²) in [5.74, 6) is 0. The molecule has 64 valence electrons. The summed E-state index contributed by atoms with van der Waals surface area (Å²) in [5.41, 5.74) is 2.78. The van der Waals surface area contributed by atoms with Crippen molar-refractivity contribution in [2.45, 2.75) is 13.8 Å². The first kappa shape index (κ1) is 8.51. The van der Waals surface area contributed by atoms with E-state index in [1.54, 1.807) is 0 Å². The van der Waals surface area contributed by atoms with Gasteiger partial charge >= 0.3 is 0 Å². The maximum Gasteiger partial charge on any atom is 0.115 e. The number of benzene rings is 1. The highest BCUT2D eigenvalue weighted by molar-refractivity contribution is 6.60. The third kappa shape index (κ3) is 1.65. The number of hydrogen-bond acceptors (Lipinski definition) is 0. The van der Waals surface area contributed by atoms with Crippen LogP contribution in [0.4, 0.5) is 0 Å². The summed E-state index contributed by atoms with van der Waals surface area (Å²) >= 11 is 0. The van der Waals surface area contributed by atoms with Gasteiger partial charge in [-0.3, -0.25) is 0 Å². The average Bonchev–Trinajstić information content (AvgIpc) is 2.10. The van der Waals surface area contributed by atoms with Crippen molar-refractivity contribution in [1.82, 2.24) is 0 Å². The first-order valence-electron chi connectivity index (χ1n) is 4.51. The lowest BCUT2D eigenvalue weighted by molar-refractivity contribution is 1.56. The molecule has 0 bridgehead atoms. The Morgan fingerprint density at radius 3 is 2.54 bits per heavy atom. The molecule has 1 aliphatic rings. The molecule has 0 saturated carbocycles. The normalized spacial score (nSPS) is 13.8. The second-order valence-corrected chi connectivity index (χ2v) is 4.89. The minimum absolute atomic E-state index is 0.832. The van der Waals surface area contributed by atoms with Crippen LogP contribution < -0.4 is 5.19 Å². The van der Waals surface area contributed by atoms with Crippen molar-refractivity contribution in [1.29, 1.82) is 0 Å². The van der Waals surface area contributed by atoms with Gasteiger partial charge in [-0.25, -0.2) is 0 Å². The van der Waals surface area contributed by atoms with Gasteiger partial charge in [-0.05, 0) is 25.0 Å². The SMILES string of the molecule is CC=C(C)[Si]c1ccc2c(c1)C=C2. The highest BCUT2D eigenvalue weighted by Crippen LogP contribution is 2.21. The monoisotopic (exact) mass is 184 g/mol. The van der Waals surface area contributed by atoms with Crippen molar-refractivity contribution in [2.75, 3.05) is 0 Å². The van der Waals surface area contributed by atoms with Crippen LogP contribution in [-0.4, -0.2) is 9.52 Å². The fraction of sp³-hybridized carbons (Fsp3) is 0.167. The summed E-state index contributed by atoms with van der Waals surface area (Å²) in [6.45, 7) is 4.29. The van der Waals surface area contributed by atoms with E-state index in [-0.39, 0.29) is 0 Å². The van der Waals surface area contributed by atoms with Crippen LogP contribution in [0.1, 0.15) is 25.0 Å². The van der Waals surface area contributed by atoms with Crippen molar-refractivity contribution in [2.24, 2.45) is 0 Å². The van der Waals surface area contributed by atoms with Crippen LogP contribution in [0, 0.1) is 0 Å². The Balaban J connectivity index is 2.20. The number of fused-ring (bicyclic) bond motifs is 1. The lowest BCUT2D eigenvalue weighted by Crippen LogP contribution is -2.16. The van der Waals surface area contributed by atoms with Gasteiger partial charge in [0.15, 0.2) is 0 Å². The molecule has 0 N–H and O–H groups in total. The van der Waals surface area contributed by atoms with E-state index in [9.17, 15) is 0 Å². The van der Waals surface area contributed by atoms with E-state index in [1.807, 2.05) is 0 Å². The van der Waals surface area contributed by atoms with Crippen LogP contribution in [-0.2, 0) is 0 Å². The van der Waals surface area contributed by atoms with E-state index < -0.39 is 0 Å². The lowest BCUT2D eigenvalue weighted by Gasteiger charge is -2.11. The number of hydrogen-bond donors (Lipinski definition) is 0. The maximum atomic E-state index is 2.29. The molecule has 1 heteroatoms. The Labute approximate surface area is 81.8 Å². The smallest absolute Gasteiger partial charge is 0.0927 e. The molecule has 0 atom stereocenters. The predicted molar refractivity (Wildman–Crippen MR) is 60.2 cm³/mol. The quantitative estimate of drug-likeness (QED) is 0.629. The molecule has 2 radical (unpaired) electrons. The standard InChI is InChI=1S/C12H12Si/c1-3-9(2)13-12-7-6-10-4-5-11(10)8-12/h3-8H,1-2H3. The summed E-state index contributed by atoms with van der Waals surface area (Å²) in [7, 11) is 0.832. The van der Waals surface area contributed by atoms with E-state index in [4.69, 9.17) is 0 Å². The van der Waals surface area contributed by atoms with Crippen molar-refractivity contribution in [3.05, 3.63) is 40.6 Å². The third-order valence-corrected chi connectivity index (χ3v) is 3.59. The zero-order chi connectivity index (χ0) is 9.26. The van der Waals surface area contributed by atoms with Gasteiger partial charge < -0.3 is 0 Å². The minimum atomic E-state index is 0.832. The highest BCUT2D eigenvalue weighted by atomic mass is 28.2. The molecule has 0 fully saturated rings. The van der Waals surface area contributed by atoms with Crippen molar-refractivity contribution in [3.8, 4) is 0 Å². The number of rotatable bonds is 2. The van der Waals surface area contributed by atoms with Gasteiger partial charge in [0.05, 0.1) is 0 Å². The Kier molecular flexibility index (Phi) is 2.19. The summed E-state index contributed by atoms with van der Waals surface area (Å²) < 4.78 is 0. The highest BCUT2D eigenvalue weighted by Gasteiger charge is 2.05. The van der Waals surface area contributed by atoms with Gasteiger partial charge in [0, 0.05) is 0 Å². The maximum absolute atomic E-state index is 2.29. The second kappa shape index (κ2) is 3.34. The molecule has 0 saturated heterocycles. The molecule has 0 amide bonds. The van der Waals surface area contributed by atoms with Crippen molar-refractivity contribution >= 4 is 26.9 Å². The molecular weight excluding hydrogens is 172 g/mol. The topological polar surface area (TPSA) is 0 Å². The van der Waals surface area contributed by atoms with Gasteiger partial charge in [0.2, 0.25) is 0 Å². The van der Waals surface area contributed by atoms with Gasteiger partial charge in [-0.15, -0.1) is 0 Å². The third-order valence-electron chi connectivity index (χ3n) is 2.30. The summed E-state index contributed by atoms with van der Waals surface area (Å²) in [6, 6.07) is 6.73. The molecule has 2 rings (SSSR count). The molecule has 1 aliphatic carbocycles. The van der Waals surface area contributed by atoms with E-state index in [0.29, 0.717) is 0 Å². The molecule has 0 unspecified atom stereocenters. The largest absolute Gasteiger partial charge is 0.115 e. The fourth-order valence-electron chi connectivity index (χ4n) is 1.33. The molecule has 0 aromatic heterocycles. The van der Waals surface area contributed by atoms with Gasteiger partial charge in [-0.1, -0.05) is 46.8 Å². The lowest BCUT2D eigenvalue weighted by atomic mass is 9.98. The number of allylic oxidation sites excluding steroid dienone is 2. The first-order chi connectivity index (χ1) is 6.29. The Hall–Kier alpha value is -1.08. The Morgan fingerprint density at radius 2 is 2.00 bits per heavy atom. The van der Waals surface area contributed by atoms with E-state index in [2.05, 4.69) is 50.3 Å². The molecule has 1 aromatic carbocycles. The molecule has 1 aromatic rings. The Bertz CT molecular complexity index is 386. The van der Waals surface area contributed by atoms with Crippen LogP contribution in [0.2, 0.25) is 0 Å². The van der Waals surface area contributed by atoms with Crippen LogP contribution in [0.5, 0.6) is 0 Å². The molecule has 0 spiro atoms. The molecule has 0 aliphatic heterocycles. The van der Waals surface area contributed by atoms with Crippen LogP contribution in [0.15, 0.2) is 29.5 Å². The first-order valence-corrected chi connectivity index (χ1v) is 5.51. The van der Waals surface area contributed by atoms with E-state index in [1.165, 1.54) is 21.5 Å². The van der Waals surface area contributed by atoms with Crippen LogP contribution >= 0.6 is 0 Å². The van der Waals surface area contributed by atoms with E-state index >= 15 is 0 Å². The summed E-state index contributed by atoms with van der Waals surface area (Å²) in [6.07, 6.45) is 6.52. The zero-order valence-electron chi connectivity index (χ0n) is 7.96. The van der Waals surface area contributed by atoms with Crippen LogP contribution in [0.3, 0.4) is 0 Å². The molecule has 13 heavy (non-hydrogen) atoms. The summed E-state index contributed by atoms with van der Waals surface area (Å²) in [4.78, 5) is 0. The second-order valence-electron chi connectivity index (χ2n) is 3.27. The van der Waals surface area contributed by atoms with E-state index in [0.717, 1.165) is 9.52 Å². The molecule has 0 nitrogen and oxygen atoms in total. The van der Waals surface area contributed by atoms with Gasteiger partial charge in [0.1, 0.15) is 9.52 Å². The summed E-state index contributed by atoms with van der Waals surface area (Å²) in [5, 5.41) is 2.90. The van der Waals surface area contributed by atoms with Gasteiger partial charge in [0.25, 0.3) is 0 Å². The van der Waals surface area contributed by atoms with Crippen LogP contribution in [0.25, 0.3) is 12.2 Å². The predicted octanol–water partition coefficient (Wildman–Crippen LogP) is 2.42. The molecular formula is C12H12Si. The minimum Gasteiger partial charge on any atom is -0.0927 e. The fourth-order valence-corrected chi connectivity index (χ4v) is 2.33. The Morgan fingerprint density at radius 1 is 1.23 bits per heavy atom. The molecule has 0 heterocycles. The average molecular weight is 184 g/mol. The van der Waals surface area contributed by atoms with Crippen molar-refractivity contribution < 1.29 is 0 Å².